The van der Waals surface area contributed by atoms with Crippen LogP contribution in [0, 0.1) is 0 Å². The van der Waals surface area contributed by atoms with Crippen LogP contribution in [-0.2, 0) is 14.3 Å². The van der Waals surface area contributed by atoms with Crippen LogP contribution in [0.25, 0.3) is 0 Å². The van der Waals surface area contributed by atoms with Crippen molar-refractivity contribution in [2.24, 2.45) is 0 Å². The summed E-state index contributed by atoms with van der Waals surface area (Å²) in [6, 6.07) is -1.19. The standard InChI is InChI=1S/C50H95NO10/c1-3-5-7-9-11-13-15-17-18-19-20-21-22-23-24-25-26-28-29-31-33-35-37-42(53)45(55)41(40-60-50-48(58)47(57)46(56)44(39-52)61-50)51-49(59)43(54)38-36-34-32-30-27-16-14-12-10-8-6-4-2/h27,29-31,41-48,50,52-58H,3-26,28,32-40H2,1-2H3,(H,51,59)/b30-27-,31-29+. The quantitative estimate of drug-likeness (QED) is 0.0217. The number of aliphatic hydroxyl groups is 7. The number of hydrogen-bond donors (Lipinski definition) is 8. The second-order valence-corrected chi connectivity index (χ2v) is 17.9. The molecule has 11 heteroatoms. The maximum atomic E-state index is 13.1. The van der Waals surface area contributed by atoms with Crippen molar-refractivity contribution in [2.45, 2.75) is 274 Å². The molecule has 0 radical (unpaired) electrons. The van der Waals surface area contributed by atoms with Crippen LogP contribution < -0.4 is 5.32 Å². The van der Waals surface area contributed by atoms with Crippen molar-refractivity contribution in [2.75, 3.05) is 13.2 Å². The minimum atomic E-state index is -1.67. The number of ether oxygens (including phenoxy) is 2. The summed E-state index contributed by atoms with van der Waals surface area (Å²) in [5.41, 5.74) is 0. The molecule has 0 aliphatic carbocycles. The van der Waals surface area contributed by atoms with Gasteiger partial charge in [0, 0.05) is 0 Å². The Morgan fingerprint density at radius 1 is 0.557 bits per heavy atom. The number of carbonyl (C=O) groups excluding carboxylic acids is 1. The summed E-state index contributed by atoms with van der Waals surface area (Å²) >= 11 is 0. The Labute approximate surface area is 372 Å². The summed E-state index contributed by atoms with van der Waals surface area (Å²) in [5, 5.41) is 75.7. The predicted molar refractivity (Wildman–Crippen MR) is 247 cm³/mol. The number of rotatable bonds is 42. The van der Waals surface area contributed by atoms with E-state index >= 15 is 0 Å². The van der Waals surface area contributed by atoms with Gasteiger partial charge >= 0.3 is 0 Å². The van der Waals surface area contributed by atoms with E-state index in [0.29, 0.717) is 12.8 Å². The highest BCUT2D eigenvalue weighted by Gasteiger charge is 2.44. The fraction of sp³-hybridized carbons (Fsp3) is 0.900. The average molecular weight is 870 g/mol. The van der Waals surface area contributed by atoms with Gasteiger partial charge in [0.15, 0.2) is 6.29 Å². The van der Waals surface area contributed by atoms with Crippen molar-refractivity contribution < 1.29 is 50.0 Å². The molecule has 0 aromatic carbocycles. The molecule has 1 aliphatic rings. The van der Waals surface area contributed by atoms with Crippen LogP contribution in [0.2, 0.25) is 0 Å². The molecule has 0 spiro atoms. The van der Waals surface area contributed by atoms with Crippen molar-refractivity contribution >= 4 is 5.91 Å². The minimum Gasteiger partial charge on any atom is -0.394 e. The normalized spacial score (nSPS) is 21.6. The zero-order valence-corrected chi connectivity index (χ0v) is 38.9. The highest BCUT2D eigenvalue weighted by atomic mass is 16.7. The van der Waals surface area contributed by atoms with Gasteiger partial charge in [-0.1, -0.05) is 179 Å². The first-order chi connectivity index (χ1) is 29.7. The summed E-state index contributed by atoms with van der Waals surface area (Å²) < 4.78 is 11.1. The maximum absolute atomic E-state index is 13.1. The van der Waals surface area contributed by atoms with E-state index in [1.165, 1.54) is 141 Å². The second kappa shape index (κ2) is 40.1. The molecule has 9 unspecified atom stereocenters. The molecule has 0 bridgehead atoms. The van der Waals surface area contributed by atoms with E-state index in [1.807, 2.05) is 0 Å². The van der Waals surface area contributed by atoms with Gasteiger partial charge in [0.2, 0.25) is 5.91 Å². The average Bonchev–Trinajstić information content (AvgIpc) is 3.26. The smallest absolute Gasteiger partial charge is 0.249 e. The van der Waals surface area contributed by atoms with Crippen LogP contribution in [0.4, 0.5) is 0 Å². The first-order valence-corrected chi connectivity index (χ1v) is 25.2. The number of hydrogen-bond acceptors (Lipinski definition) is 10. The summed E-state index contributed by atoms with van der Waals surface area (Å²) in [6.45, 7) is 3.41. The van der Waals surface area contributed by atoms with Crippen LogP contribution in [0.5, 0.6) is 0 Å². The molecule has 1 aliphatic heterocycles. The molecular formula is C50H95NO10. The molecule has 1 fully saturated rings. The lowest BCUT2D eigenvalue weighted by atomic mass is 9.98. The van der Waals surface area contributed by atoms with Crippen molar-refractivity contribution in [1.82, 2.24) is 5.32 Å². The van der Waals surface area contributed by atoms with Gasteiger partial charge in [0.25, 0.3) is 0 Å². The first kappa shape index (κ1) is 57.6. The van der Waals surface area contributed by atoms with Gasteiger partial charge in [-0.25, -0.2) is 0 Å². The third-order valence-corrected chi connectivity index (χ3v) is 12.2. The van der Waals surface area contributed by atoms with Crippen molar-refractivity contribution in [3.8, 4) is 0 Å². The topological polar surface area (TPSA) is 189 Å². The zero-order chi connectivity index (χ0) is 44.8. The molecule has 1 heterocycles. The number of aliphatic hydroxyl groups excluding tert-OH is 7. The van der Waals surface area contributed by atoms with Crippen molar-refractivity contribution in [3.63, 3.8) is 0 Å². The molecule has 8 N–H and O–H groups in total. The van der Waals surface area contributed by atoms with Gasteiger partial charge in [-0.3, -0.25) is 4.79 Å². The molecule has 360 valence electrons. The number of allylic oxidation sites excluding steroid dienone is 4. The molecule has 1 rings (SSSR count). The minimum absolute atomic E-state index is 0.224. The number of unbranched alkanes of at least 4 members (excludes halogenated alkanes) is 26. The Balaban J connectivity index is 2.40. The van der Waals surface area contributed by atoms with Gasteiger partial charge in [-0.2, -0.15) is 0 Å². The van der Waals surface area contributed by atoms with Crippen molar-refractivity contribution in [3.05, 3.63) is 24.3 Å². The lowest BCUT2D eigenvalue weighted by molar-refractivity contribution is -0.303. The molecule has 9 atom stereocenters. The molecule has 11 nitrogen and oxygen atoms in total. The van der Waals surface area contributed by atoms with Crippen LogP contribution in [-0.4, -0.2) is 110 Å². The second-order valence-electron chi connectivity index (χ2n) is 17.9. The number of carbonyl (C=O) groups is 1. The summed E-state index contributed by atoms with van der Waals surface area (Å²) in [6.07, 6.45) is 33.8. The Morgan fingerprint density at radius 3 is 1.41 bits per heavy atom. The highest BCUT2D eigenvalue weighted by Crippen LogP contribution is 2.23. The van der Waals surface area contributed by atoms with E-state index in [1.54, 1.807) is 0 Å². The first-order valence-electron chi connectivity index (χ1n) is 25.2. The van der Waals surface area contributed by atoms with Gasteiger partial charge in [0.1, 0.15) is 36.6 Å². The van der Waals surface area contributed by atoms with E-state index in [-0.39, 0.29) is 12.8 Å². The lowest BCUT2D eigenvalue weighted by Crippen LogP contribution is -2.60. The summed E-state index contributed by atoms with van der Waals surface area (Å²) in [7, 11) is 0. The highest BCUT2D eigenvalue weighted by molar-refractivity contribution is 5.80. The Bertz CT molecular complexity index is 1040. The van der Waals surface area contributed by atoms with E-state index in [9.17, 15) is 40.5 Å². The third kappa shape index (κ3) is 29.6. The molecule has 0 saturated carbocycles. The van der Waals surface area contributed by atoms with Gasteiger partial charge < -0.3 is 50.5 Å². The Kier molecular flexibility index (Phi) is 37.9. The van der Waals surface area contributed by atoms with Crippen LogP contribution in [0.1, 0.15) is 219 Å². The SMILES string of the molecule is CCCCCCCC/C=C\CCCCC(O)C(=O)NC(COC1OC(CO)C(O)C(O)C1O)C(O)C(O)CCC/C=C/CCCCCCCCCCCCCCCCCCC. The fourth-order valence-corrected chi connectivity index (χ4v) is 8.02. The molecular weight excluding hydrogens is 775 g/mol. The Morgan fingerprint density at radius 2 is 0.967 bits per heavy atom. The molecule has 0 aromatic heterocycles. The third-order valence-electron chi connectivity index (χ3n) is 12.2. The number of amides is 1. The Hall–Kier alpha value is -1.41. The van der Waals surface area contributed by atoms with Crippen molar-refractivity contribution in [1.29, 1.82) is 0 Å². The molecule has 1 amide bonds. The molecule has 61 heavy (non-hydrogen) atoms. The monoisotopic (exact) mass is 870 g/mol. The van der Waals surface area contributed by atoms with Gasteiger partial charge in [-0.15, -0.1) is 0 Å². The fourth-order valence-electron chi connectivity index (χ4n) is 8.02. The van der Waals surface area contributed by atoms with E-state index in [2.05, 4.69) is 43.5 Å². The van der Waals surface area contributed by atoms with Gasteiger partial charge in [-0.05, 0) is 64.2 Å². The van der Waals surface area contributed by atoms with Crippen LogP contribution in [0.15, 0.2) is 24.3 Å². The van der Waals surface area contributed by atoms with Crippen LogP contribution >= 0.6 is 0 Å². The number of nitrogens with one attached hydrogen (secondary N) is 1. The summed E-state index contributed by atoms with van der Waals surface area (Å²) in [5.74, 6) is -0.723. The van der Waals surface area contributed by atoms with Crippen LogP contribution in [0.3, 0.4) is 0 Å². The van der Waals surface area contributed by atoms with E-state index < -0.39 is 74.2 Å². The molecule has 1 saturated heterocycles. The lowest BCUT2D eigenvalue weighted by Gasteiger charge is -2.40. The largest absolute Gasteiger partial charge is 0.394 e. The maximum Gasteiger partial charge on any atom is 0.249 e. The predicted octanol–water partition coefficient (Wildman–Crippen LogP) is 9.01. The van der Waals surface area contributed by atoms with Gasteiger partial charge in [0.05, 0.1) is 25.4 Å². The van der Waals surface area contributed by atoms with E-state index in [4.69, 9.17) is 9.47 Å². The van der Waals surface area contributed by atoms with E-state index in [0.717, 1.165) is 38.5 Å². The zero-order valence-electron chi connectivity index (χ0n) is 38.9. The summed E-state index contributed by atoms with van der Waals surface area (Å²) in [4.78, 5) is 13.1. The molecule has 0 aromatic rings.